The zero-order valence-corrected chi connectivity index (χ0v) is 17.3. The van der Waals surface area contributed by atoms with Crippen LogP contribution in [0.5, 0.6) is 0 Å². The van der Waals surface area contributed by atoms with Crippen molar-refractivity contribution in [2.24, 2.45) is 5.92 Å². The molecule has 0 amide bonds. The van der Waals surface area contributed by atoms with Gasteiger partial charge in [-0.3, -0.25) is 9.88 Å². The molecule has 29 heavy (non-hydrogen) atoms. The predicted octanol–water partition coefficient (Wildman–Crippen LogP) is 2.97. The van der Waals surface area contributed by atoms with Gasteiger partial charge in [-0.1, -0.05) is 23.7 Å². The minimum absolute atomic E-state index is 0.0907. The number of nitrogens with zero attached hydrogens (tertiary/aromatic N) is 1. The Labute approximate surface area is 173 Å². The van der Waals surface area contributed by atoms with Crippen LogP contribution in [0.3, 0.4) is 0 Å². The Hall–Kier alpha value is -2.13. The van der Waals surface area contributed by atoms with Crippen LogP contribution in [0.4, 0.5) is 0 Å². The maximum Gasteiger partial charge on any atom is 0.417 e. The summed E-state index contributed by atoms with van der Waals surface area (Å²) in [6.45, 7) is 3.12. The van der Waals surface area contributed by atoms with Gasteiger partial charge in [0.05, 0.1) is 10.4 Å². The van der Waals surface area contributed by atoms with Crippen LogP contribution in [-0.2, 0) is 16.6 Å². The van der Waals surface area contributed by atoms with Crippen molar-refractivity contribution >= 4 is 32.7 Å². The molecule has 0 radical (unpaired) electrons. The Morgan fingerprint density at radius 2 is 1.86 bits per heavy atom. The van der Waals surface area contributed by atoms with E-state index in [4.69, 9.17) is 16.0 Å². The first kappa shape index (κ1) is 20.2. The molecular formula is C20H22ClN3O4S. The zero-order valence-electron chi connectivity index (χ0n) is 15.7. The Bertz CT molecular complexity index is 1150. The van der Waals surface area contributed by atoms with Gasteiger partial charge in [0, 0.05) is 24.2 Å². The molecule has 0 aliphatic carbocycles. The highest BCUT2D eigenvalue weighted by Gasteiger charge is 2.22. The highest BCUT2D eigenvalue weighted by atomic mass is 35.5. The Morgan fingerprint density at radius 1 is 1.14 bits per heavy atom. The summed E-state index contributed by atoms with van der Waals surface area (Å²) >= 11 is 5.93. The third kappa shape index (κ3) is 4.90. The van der Waals surface area contributed by atoms with Crippen LogP contribution in [-0.4, -0.2) is 37.9 Å². The van der Waals surface area contributed by atoms with Crippen molar-refractivity contribution in [3.8, 4) is 0 Å². The van der Waals surface area contributed by atoms with Crippen LogP contribution in [0.2, 0.25) is 5.02 Å². The second-order valence-electron chi connectivity index (χ2n) is 7.37. The maximum atomic E-state index is 12.6. The van der Waals surface area contributed by atoms with E-state index in [1.807, 2.05) is 24.3 Å². The van der Waals surface area contributed by atoms with Gasteiger partial charge >= 0.3 is 5.76 Å². The molecule has 0 atom stereocenters. The number of hydrogen-bond donors (Lipinski definition) is 2. The summed E-state index contributed by atoms with van der Waals surface area (Å²) in [5.74, 6) is -0.312. The summed E-state index contributed by atoms with van der Waals surface area (Å²) in [6.07, 6.45) is 1.86. The lowest BCUT2D eigenvalue weighted by Gasteiger charge is -2.32. The molecule has 2 aromatic carbocycles. The van der Waals surface area contributed by atoms with Gasteiger partial charge in [-0.25, -0.2) is 17.9 Å². The van der Waals surface area contributed by atoms with Gasteiger partial charge in [-0.05, 0) is 61.7 Å². The van der Waals surface area contributed by atoms with Gasteiger partial charge in [0.25, 0.3) is 0 Å². The fourth-order valence-corrected chi connectivity index (χ4v) is 4.86. The molecule has 7 nitrogen and oxygen atoms in total. The monoisotopic (exact) mass is 435 g/mol. The normalized spacial score (nSPS) is 16.4. The molecule has 1 aromatic heterocycles. The Morgan fingerprint density at radius 3 is 2.59 bits per heavy atom. The second kappa shape index (κ2) is 8.31. The molecule has 9 heteroatoms. The van der Waals surface area contributed by atoms with Crippen molar-refractivity contribution in [2.75, 3.05) is 19.6 Å². The molecule has 4 rings (SSSR count). The van der Waals surface area contributed by atoms with Crippen LogP contribution in [0.25, 0.3) is 11.1 Å². The standard InChI is InChI=1S/C20H22ClN3O4S/c21-16-3-1-15(2-4-16)13-24-9-7-14(8-10-24)12-22-29(26,27)17-5-6-18-19(11-17)28-20(25)23-18/h1-6,11,14,22H,7-10,12-13H2,(H,23,25). The fraction of sp³-hybridized carbons (Fsp3) is 0.350. The number of benzene rings is 2. The van der Waals surface area contributed by atoms with E-state index in [0.717, 1.165) is 37.5 Å². The minimum atomic E-state index is -3.66. The van der Waals surface area contributed by atoms with E-state index < -0.39 is 15.8 Å². The van der Waals surface area contributed by atoms with Crippen molar-refractivity contribution < 1.29 is 12.8 Å². The fourth-order valence-electron chi connectivity index (χ4n) is 3.60. The molecular weight excluding hydrogens is 414 g/mol. The third-order valence-electron chi connectivity index (χ3n) is 5.29. The average molecular weight is 436 g/mol. The van der Waals surface area contributed by atoms with Gasteiger partial charge in [-0.15, -0.1) is 0 Å². The number of rotatable bonds is 6. The zero-order chi connectivity index (χ0) is 20.4. The number of oxazole rings is 1. The molecule has 2 heterocycles. The lowest BCUT2D eigenvalue weighted by molar-refractivity contribution is 0.178. The average Bonchev–Trinajstić information content (AvgIpc) is 3.08. The van der Waals surface area contributed by atoms with E-state index in [0.29, 0.717) is 18.0 Å². The smallest absolute Gasteiger partial charge is 0.408 e. The molecule has 0 saturated carbocycles. The highest BCUT2D eigenvalue weighted by Crippen LogP contribution is 2.21. The second-order valence-corrected chi connectivity index (χ2v) is 9.57. The van der Waals surface area contributed by atoms with E-state index in [2.05, 4.69) is 14.6 Å². The number of aromatic nitrogens is 1. The lowest BCUT2D eigenvalue weighted by Crippen LogP contribution is -2.38. The molecule has 1 aliphatic rings. The van der Waals surface area contributed by atoms with Crippen LogP contribution in [0, 0.1) is 5.92 Å². The molecule has 0 spiro atoms. The third-order valence-corrected chi connectivity index (χ3v) is 6.96. The number of sulfonamides is 1. The summed E-state index contributed by atoms with van der Waals surface area (Å²) < 4.78 is 32.8. The van der Waals surface area contributed by atoms with E-state index in [-0.39, 0.29) is 10.5 Å². The summed E-state index contributed by atoms with van der Waals surface area (Å²) in [5.41, 5.74) is 1.93. The summed E-state index contributed by atoms with van der Waals surface area (Å²) in [4.78, 5) is 16.2. The first-order valence-corrected chi connectivity index (χ1v) is 11.3. The van der Waals surface area contributed by atoms with E-state index in [1.54, 1.807) is 0 Å². The van der Waals surface area contributed by atoms with Crippen LogP contribution < -0.4 is 10.5 Å². The Kier molecular flexibility index (Phi) is 5.78. The van der Waals surface area contributed by atoms with Gasteiger partial charge < -0.3 is 4.42 Å². The summed E-state index contributed by atoms with van der Waals surface area (Å²) in [7, 11) is -3.66. The quantitative estimate of drug-likeness (QED) is 0.620. The molecule has 1 aliphatic heterocycles. The van der Waals surface area contributed by atoms with E-state index in [1.165, 1.54) is 23.8 Å². The Balaban J connectivity index is 1.30. The van der Waals surface area contributed by atoms with Crippen LogP contribution >= 0.6 is 11.6 Å². The lowest BCUT2D eigenvalue weighted by atomic mass is 9.97. The van der Waals surface area contributed by atoms with E-state index in [9.17, 15) is 13.2 Å². The number of fused-ring (bicyclic) bond motifs is 1. The number of H-pyrrole nitrogens is 1. The van der Waals surface area contributed by atoms with Crippen LogP contribution in [0.15, 0.2) is 56.6 Å². The highest BCUT2D eigenvalue weighted by molar-refractivity contribution is 7.89. The van der Waals surface area contributed by atoms with Crippen molar-refractivity contribution in [1.82, 2.24) is 14.6 Å². The van der Waals surface area contributed by atoms with Gasteiger partial charge in [0.15, 0.2) is 5.58 Å². The van der Waals surface area contributed by atoms with Gasteiger partial charge in [0.1, 0.15) is 0 Å². The number of hydrogen-bond acceptors (Lipinski definition) is 5. The molecule has 154 valence electrons. The first-order valence-electron chi connectivity index (χ1n) is 9.48. The van der Waals surface area contributed by atoms with Crippen molar-refractivity contribution in [2.45, 2.75) is 24.3 Å². The molecule has 2 N–H and O–H groups in total. The number of halogens is 1. The number of piperidine rings is 1. The molecule has 1 saturated heterocycles. The predicted molar refractivity (Wildman–Crippen MR) is 111 cm³/mol. The van der Waals surface area contributed by atoms with Crippen molar-refractivity contribution in [1.29, 1.82) is 0 Å². The SMILES string of the molecule is O=c1[nH]c2ccc(S(=O)(=O)NCC3CCN(Cc4ccc(Cl)cc4)CC3)cc2o1. The number of nitrogens with one attached hydrogen (secondary N) is 2. The topological polar surface area (TPSA) is 95.4 Å². The van der Waals surface area contributed by atoms with Crippen molar-refractivity contribution in [3.63, 3.8) is 0 Å². The molecule has 1 fully saturated rings. The van der Waals surface area contributed by atoms with Gasteiger partial charge in [0.2, 0.25) is 10.0 Å². The summed E-state index contributed by atoms with van der Waals surface area (Å²) in [5, 5.41) is 0.734. The minimum Gasteiger partial charge on any atom is -0.408 e. The van der Waals surface area contributed by atoms with Crippen LogP contribution in [0.1, 0.15) is 18.4 Å². The first-order chi connectivity index (χ1) is 13.9. The molecule has 0 unspecified atom stereocenters. The van der Waals surface area contributed by atoms with E-state index >= 15 is 0 Å². The number of aromatic amines is 1. The molecule has 0 bridgehead atoms. The maximum absolute atomic E-state index is 12.6. The van der Waals surface area contributed by atoms with Gasteiger partial charge in [-0.2, -0.15) is 0 Å². The molecule has 3 aromatic rings. The largest absolute Gasteiger partial charge is 0.417 e. The number of likely N-dealkylation sites (tertiary alicyclic amines) is 1. The van der Waals surface area contributed by atoms with Crippen molar-refractivity contribution in [3.05, 3.63) is 63.6 Å². The summed E-state index contributed by atoms with van der Waals surface area (Å²) in [6, 6.07) is 12.2.